The first-order valence-corrected chi connectivity index (χ1v) is 8.83. The molecule has 0 bridgehead atoms. The van der Waals surface area contributed by atoms with Crippen molar-refractivity contribution in [1.29, 1.82) is 0 Å². The fourth-order valence-corrected chi connectivity index (χ4v) is 4.08. The predicted molar refractivity (Wildman–Crippen MR) is 93.9 cm³/mol. The molecule has 1 rings (SSSR count). The van der Waals surface area contributed by atoms with Crippen LogP contribution in [0.15, 0.2) is 11.3 Å². The monoisotopic (exact) mass is 416 g/mol. The lowest BCUT2D eigenvalue weighted by molar-refractivity contribution is -0.182. The van der Waals surface area contributed by atoms with Gasteiger partial charge >= 0.3 is 17.9 Å². The number of hydrogen-bond acceptors (Lipinski definition) is 8. The van der Waals surface area contributed by atoms with Gasteiger partial charge in [-0.05, 0) is 0 Å². The van der Waals surface area contributed by atoms with E-state index in [-0.39, 0.29) is 0 Å². The minimum atomic E-state index is -2.69. The molecule has 0 aromatic rings. The van der Waals surface area contributed by atoms with E-state index >= 15 is 0 Å². The minimum Gasteiger partial charge on any atom is -0.511 e. The van der Waals surface area contributed by atoms with Crippen molar-refractivity contribution >= 4 is 29.5 Å². The second-order valence-electron chi connectivity index (χ2n) is 6.96. The molecule has 0 saturated heterocycles. The standard InChI is InChI=1S/C18H24O11/c1-3-9(19)17(6-12(23)24)14(27)8(5-11(21)22)15(28)18(16(17)29,7-13(25)26)10(20)4-2/h14,16,27-29H,3-7H2,1-2H3,(H,21,22)(H,23,24)(H,25,26). The molecule has 0 fully saturated rings. The third kappa shape index (κ3) is 3.87. The van der Waals surface area contributed by atoms with E-state index in [4.69, 9.17) is 5.11 Å². The Balaban J connectivity index is 4.09. The number of aliphatic hydroxyl groups excluding tert-OH is 3. The number of carbonyl (C=O) groups is 5. The maximum atomic E-state index is 12.8. The van der Waals surface area contributed by atoms with Gasteiger partial charge in [0, 0.05) is 18.4 Å². The molecule has 29 heavy (non-hydrogen) atoms. The summed E-state index contributed by atoms with van der Waals surface area (Å²) in [6.07, 6.45) is -9.06. The lowest BCUT2D eigenvalue weighted by Crippen LogP contribution is -2.65. The van der Waals surface area contributed by atoms with Gasteiger partial charge in [-0.15, -0.1) is 0 Å². The summed E-state index contributed by atoms with van der Waals surface area (Å²) in [5.74, 6) is -8.15. The molecule has 162 valence electrons. The van der Waals surface area contributed by atoms with Gasteiger partial charge in [-0.3, -0.25) is 24.0 Å². The molecule has 0 radical (unpaired) electrons. The molecule has 0 aromatic carbocycles. The summed E-state index contributed by atoms with van der Waals surface area (Å²) in [6.45, 7) is 2.58. The highest BCUT2D eigenvalue weighted by Gasteiger charge is 2.67. The van der Waals surface area contributed by atoms with Crippen molar-refractivity contribution in [3.05, 3.63) is 11.3 Å². The second-order valence-corrected chi connectivity index (χ2v) is 6.96. The van der Waals surface area contributed by atoms with Gasteiger partial charge in [0.25, 0.3) is 0 Å². The van der Waals surface area contributed by atoms with Crippen LogP contribution in [0.5, 0.6) is 0 Å². The molecule has 4 unspecified atom stereocenters. The molecule has 6 N–H and O–H groups in total. The summed E-state index contributed by atoms with van der Waals surface area (Å²) in [5.41, 5.74) is -6.10. The summed E-state index contributed by atoms with van der Waals surface area (Å²) in [4.78, 5) is 59.8. The number of carbonyl (C=O) groups excluding carboxylic acids is 2. The maximum Gasteiger partial charge on any atom is 0.307 e. The van der Waals surface area contributed by atoms with Gasteiger partial charge < -0.3 is 30.6 Å². The van der Waals surface area contributed by atoms with E-state index in [1.165, 1.54) is 13.8 Å². The molecule has 0 aliphatic heterocycles. The van der Waals surface area contributed by atoms with Gasteiger partial charge in [-0.2, -0.15) is 0 Å². The molecule has 4 atom stereocenters. The first-order valence-electron chi connectivity index (χ1n) is 8.83. The van der Waals surface area contributed by atoms with Gasteiger partial charge in [0.2, 0.25) is 0 Å². The smallest absolute Gasteiger partial charge is 0.307 e. The summed E-state index contributed by atoms with van der Waals surface area (Å²) in [6, 6.07) is 0. The largest absolute Gasteiger partial charge is 0.511 e. The van der Waals surface area contributed by atoms with Crippen molar-refractivity contribution in [2.45, 2.75) is 58.2 Å². The van der Waals surface area contributed by atoms with Crippen LogP contribution in [0.25, 0.3) is 0 Å². The number of carboxylic acids is 3. The Bertz CT molecular complexity index is 768. The van der Waals surface area contributed by atoms with E-state index in [0.717, 1.165) is 0 Å². The number of aliphatic carboxylic acids is 3. The zero-order chi connectivity index (χ0) is 22.7. The molecule has 0 aromatic heterocycles. The van der Waals surface area contributed by atoms with Gasteiger partial charge in [0.05, 0.1) is 36.9 Å². The fourth-order valence-electron chi connectivity index (χ4n) is 4.08. The first kappa shape index (κ1) is 24.2. The van der Waals surface area contributed by atoms with Gasteiger partial charge in [-0.1, -0.05) is 13.8 Å². The number of rotatable bonds is 10. The van der Waals surface area contributed by atoms with Gasteiger partial charge in [-0.25, -0.2) is 0 Å². The van der Waals surface area contributed by atoms with E-state index in [9.17, 15) is 49.5 Å². The van der Waals surface area contributed by atoms with Crippen molar-refractivity contribution in [2.75, 3.05) is 0 Å². The van der Waals surface area contributed by atoms with Crippen LogP contribution in [0.4, 0.5) is 0 Å². The molecule has 0 heterocycles. The highest BCUT2D eigenvalue weighted by atomic mass is 16.4. The van der Waals surface area contributed by atoms with E-state index in [1.54, 1.807) is 0 Å². The molecule has 11 heteroatoms. The summed E-state index contributed by atoms with van der Waals surface area (Å²) in [7, 11) is 0. The van der Waals surface area contributed by atoms with Gasteiger partial charge in [0.15, 0.2) is 0 Å². The molecular formula is C18H24O11. The number of ketones is 2. The summed E-state index contributed by atoms with van der Waals surface area (Å²) >= 11 is 0. The number of hydrogen-bond donors (Lipinski definition) is 6. The van der Waals surface area contributed by atoms with Crippen LogP contribution in [-0.2, 0) is 24.0 Å². The normalized spacial score (nSPS) is 29.4. The van der Waals surface area contributed by atoms with Crippen LogP contribution >= 0.6 is 0 Å². The Labute approximate surface area is 165 Å². The van der Waals surface area contributed by atoms with Crippen LogP contribution in [-0.4, -0.2) is 72.3 Å². The molecule has 0 spiro atoms. The highest BCUT2D eigenvalue weighted by Crippen LogP contribution is 2.54. The number of aliphatic hydroxyl groups is 3. The van der Waals surface area contributed by atoms with E-state index in [1.807, 2.05) is 0 Å². The quantitative estimate of drug-likeness (QED) is 0.277. The van der Waals surface area contributed by atoms with Crippen molar-refractivity contribution in [3.63, 3.8) is 0 Å². The Morgan fingerprint density at radius 2 is 1.31 bits per heavy atom. The number of carboxylic acid groups (broad SMARTS) is 3. The topological polar surface area (TPSA) is 207 Å². The van der Waals surface area contributed by atoms with Gasteiger partial charge in [0.1, 0.15) is 22.7 Å². The third-order valence-corrected chi connectivity index (χ3v) is 5.37. The Morgan fingerprint density at radius 3 is 1.69 bits per heavy atom. The lowest BCUT2D eigenvalue weighted by atomic mass is 9.52. The summed E-state index contributed by atoms with van der Waals surface area (Å²) < 4.78 is 0. The average molecular weight is 416 g/mol. The molecule has 0 saturated carbocycles. The second kappa shape index (κ2) is 8.70. The van der Waals surface area contributed by atoms with Crippen molar-refractivity contribution in [3.8, 4) is 0 Å². The Hall–Kier alpha value is -2.79. The SMILES string of the molecule is CCC(=O)C1(CC(=O)O)C(O)=C(CC(=O)O)C(O)C(CC(=O)O)(C(=O)CC)C1O. The zero-order valence-electron chi connectivity index (χ0n) is 15.9. The zero-order valence-corrected chi connectivity index (χ0v) is 15.9. The predicted octanol–water partition coefficient (Wildman–Crippen LogP) is -0.111. The molecule has 1 aliphatic carbocycles. The van der Waals surface area contributed by atoms with Crippen molar-refractivity contribution < 1.29 is 54.6 Å². The van der Waals surface area contributed by atoms with Crippen molar-refractivity contribution in [1.82, 2.24) is 0 Å². The maximum absolute atomic E-state index is 12.8. The minimum absolute atomic E-state index is 0.411. The molecule has 0 amide bonds. The van der Waals surface area contributed by atoms with Crippen LogP contribution in [0.1, 0.15) is 46.0 Å². The third-order valence-electron chi connectivity index (χ3n) is 5.37. The molecule has 11 nitrogen and oxygen atoms in total. The first-order chi connectivity index (χ1) is 13.3. The Morgan fingerprint density at radius 1 is 0.828 bits per heavy atom. The number of Topliss-reactive ketones (excluding diaryl/α,β-unsaturated/α-hetero) is 2. The molecule has 1 aliphatic rings. The van der Waals surface area contributed by atoms with E-state index in [2.05, 4.69) is 0 Å². The van der Waals surface area contributed by atoms with Crippen LogP contribution in [0.3, 0.4) is 0 Å². The van der Waals surface area contributed by atoms with Crippen LogP contribution in [0, 0.1) is 10.8 Å². The lowest BCUT2D eigenvalue weighted by Gasteiger charge is -2.51. The highest BCUT2D eigenvalue weighted by molar-refractivity contribution is 5.97. The average Bonchev–Trinajstić information content (AvgIpc) is 2.63. The van der Waals surface area contributed by atoms with E-state index in [0.29, 0.717) is 0 Å². The van der Waals surface area contributed by atoms with Crippen LogP contribution < -0.4 is 0 Å². The fraction of sp³-hybridized carbons (Fsp3) is 0.611. The summed E-state index contributed by atoms with van der Waals surface area (Å²) in [5, 5.41) is 60.3. The molecular weight excluding hydrogens is 392 g/mol. The van der Waals surface area contributed by atoms with Crippen molar-refractivity contribution in [2.24, 2.45) is 10.8 Å². The van der Waals surface area contributed by atoms with Crippen LogP contribution in [0.2, 0.25) is 0 Å². The Kier molecular flexibility index (Phi) is 7.28. The van der Waals surface area contributed by atoms with E-state index < -0.39 is 95.9 Å².